The predicted octanol–water partition coefficient (Wildman–Crippen LogP) is 4.15. The van der Waals surface area contributed by atoms with Gasteiger partial charge in [0.05, 0.1) is 21.8 Å². The summed E-state index contributed by atoms with van der Waals surface area (Å²) in [6, 6.07) is 7.78. The summed E-state index contributed by atoms with van der Waals surface area (Å²) < 4.78 is 5.13. The minimum Gasteiger partial charge on any atom is -0.465 e. The molecule has 0 saturated carbocycles. The third-order valence-corrected chi connectivity index (χ3v) is 5.09. The number of carbonyl (C=O) groups is 1. The molecule has 6 heteroatoms. The number of hydrogen-bond acceptors (Lipinski definition) is 5. The van der Waals surface area contributed by atoms with Gasteiger partial charge in [-0.25, -0.2) is 4.98 Å². The predicted molar refractivity (Wildman–Crippen MR) is 94.6 cm³/mol. The van der Waals surface area contributed by atoms with Crippen LogP contribution in [0.4, 0.5) is 0 Å². The van der Waals surface area contributed by atoms with Crippen LogP contribution in [0.25, 0.3) is 16.6 Å². The number of aryl methyl sites for hydroxylation is 1. The van der Waals surface area contributed by atoms with E-state index in [4.69, 9.17) is 4.42 Å². The van der Waals surface area contributed by atoms with Gasteiger partial charge in [-0.1, -0.05) is 0 Å². The number of amides is 1. The summed E-state index contributed by atoms with van der Waals surface area (Å²) in [7, 11) is 0. The van der Waals surface area contributed by atoms with Gasteiger partial charge in [0.15, 0.2) is 0 Å². The van der Waals surface area contributed by atoms with Crippen molar-refractivity contribution in [2.24, 2.45) is 0 Å². The maximum absolute atomic E-state index is 11.7. The molecule has 23 heavy (non-hydrogen) atoms. The second-order valence-corrected chi connectivity index (χ2v) is 7.14. The summed E-state index contributed by atoms with van der Waals surface area (Å²) in [5, 5.41) is 6.02. The molecule has 3 rings (SSSR count). The molecule has 3 aromatic heterocycles. The first-order valence-electron chi connectivity index (χ1n) is 7.21. The van der Waals surface area contributed by atoms with Gasteiger partial charge in [-0.05, 0) is 43.7 Å². The zero-order valence-corrected chi connectivity index (χ0v) is 14.2. The summed E-state index contributed by atoms with van der Waals surface area (Å²) in [4.78, 5) is 18.6. The number of thiazole rings is 1. The highest BCUT2D eigenvalue weighted by Gasteiger charge is 2.06. The highest BCUT2D eigenvalue weighted by molar-refractivity contribution is 7.16. The fourth-order valence-electron chi connectivity index (χ4n) is 2.04. The number of nitrogens with zero attached hydrogens (tertiary/aromatic N) is 1. The first-order chi connectivity index (χ1) is 11.2. The molecular weight excluding hydrogens is 328 g/mol. The Bertz CT molecular complexity index is 800. The van der Waals surface area contributed by atoms with E-state index < -0.39 is 0 Å². The average molecular weight is 344 g/mol. The molecule has 0 bridgehead atoms. The van der Waals surface area contributed by atoms with Crippen LogP contribution in [-0.4, -0.2) is 17.4 Å². The van der Waals surface area contributed by atoms with Gasteiger partial charge in [-0.2, -0.15) is 0 Å². The van der Waals surface area contributed by atoms with E-state index >= 15 is 0 Å². The van der Waals surface area contributed by atoms with Crippen LogP contribution in [0.1, 0.15) is 15.6 Å². The number of rotatable bonds is 6. The number of hydrogen-bond donors (Lipinski definition) is 1. The lowest BCUT2D eigenvalue weighted by Crippen LogP contribution is -2.23. The lowest BCUT2D eigenvalue weighted by molar-refractivity contribution is -0.116. The van der Waals surface area contributed by atoms with Crippen LogP contribution in [-0.2, 0) is 11.2 Å². The molecule has 3 aromatic rings. The van der Waals surface area contributed by atoms with Crippen LogP contribution >= 0.6 is 22.7 Å². The first-order valence-corrected chi connectivity index (χ1v) is 8.91. The summed E-state index contributed by atoms with van der Waals surface area (Å²) >= 11 is 3.38. The van der Waals surface area contributed by atoms with Gasteiger partial charge in [0, 0.05) is 22.9 Å². The van der Waals surface area contributed by atoms with Crippen LogP contribution in [0.5, 0.6) is 0 Å². The normalized spacial score (nSPS) is 11.2. The van der Waals surface area contributed by atoms with Crippen LogP contribution in [0.2, 0.25) is 0 Å². The van der Waals surface area contributed by atoms with Gasteiger partial charge >= 0.3 is 0 Å². The maximum atomic E-state index is 11.7. The second-order valence-electron chi connectivity index (χ2n) is 4.91. The zero-order valence-electron chi connectivity index (χ0n) is 12.6. The van der Waals surface area contributed by atoms with Crippen LogP contribution < -0.4 is 5.32 Å². The summed E-state index contributed by atoms with van der Waals surface area (Å²) in [6.45, 7) is 2.62. The molecule has 0 saturated heterocycles. The van der Waals surface area contributed by atoms with E-state index in [9.17, 15) is 4.79 Å². The molecule has 0 radical (unpaired) electrons. The number of aromatic nitrogens is 1. The Morgan fingerprint density at radius 1 is 1.39 bits per heavy atom. The summed E-state index contributed by atoms with van der Waals surface area (Å²) in [6.07, 6.45) is 5.53. The Morgan fingerprint density at radius 2 is 2.30 bits per heavy atom. The zero-order chi connectivity index (χ0) is 16.1. The minimum atomic E-state index is -0.117. The number of furan rings is 1. The third-order valence-electron chi connectivity index (χ3n) is 3.15. The molecule has 0 aliphatic carbocycles. The molecular formula is C17H16N2O2S2. The van der Waals surface area contributed by atoms with Gasteiger partial charge in [-0.3, -0.25) is 4.79 Å². The topological polar surface area (TPSA) is 55.1 Å². The third kappa shape index (κ3) is 4.40. The van der Waals surface area contributed by atoms with Crippen LogP contribution in [0, 0.1) is 6.92 Å². The SMILES string of the molecule is Cc1nc(-c2ccc(CCNC(=O)/C=C/c3ccco3)s2)cs1. The van der Waals surface area contributed by atoms with Crippen LogP contribution in [0.15, 0.2) is 46.4 Å². The van der Waals surface area contributed by atoms with Crippen molar-refractivity contribution in [1.82, 2.24) is 10.3 Å². The molecule has 0 atom stereocenters. The standard InChI is InChI=1S/C17H16N2O2S2/c1-12-19-15(11-22-12)16-6-5-14(23-16)8-9-18-17(20)7-4-13-3-2-10-21-13/h2-7,10-11H,8-9H2,1H3,(H,18,20)/b7-4+. The van der Waals surface area contributed by atoms with Gasteiger partial charge in [-0.15, -0.1) is 22.7 Å². The molecule has 0 aliphatic rings. The molecule has 1 N–H and O–H groups in total. The Labute approximate surface area is 142 Å². The minimum absolute atomic E-state index is 0.117. The lowest BCUT2D eigenvalue weighted by Gasteiger charge is -1.99. The van der Waals surface area contributed by atoms with Gasteiger partial charge in [0.1, 0.15) is 5.76 Å². The number of nitrogens with one attached hydrogen (secondary N) is 1. The second kappa shape index (κ2) is 7.39. The molecule has 0 spiro atoms. The molecule has 0 aliphatic heterocycles. The maximum Gasteiger partial charge on any atom is 0.244 e. The Hall–Kier alpha value is -2.18. The van der Waals surface area contributed by atoms with E-state index in [1.807, 2.05) is 6.92 Å². The Morgan fingerprint density at radius 3 is 3.04 bits per heavy atom. The lowest BCUT2D eigenvalue weighted by atomic mass is 10.3. The number of carbonyl (C=O) groups excluding carboxylic acids is 1. The number of thiophene rings is 1. The van der Waals surface area contributed by atoms with Crippen molar-refractivity contribution in [2.75, 3.05) is 6.54 Å². The van der Waals surface area contributed by atoms with E-state index in [1.165, 1.54) is 15.8 Å². The molecule has 1 amide bonds. The van der Waals surface area contributed by atoms with E-state index in [-0.39, 0.29) is 5.91 Å². The molecule has 0 aromatic carbocycles. The van der Waals surface area contributed by atoms with Crippen molar-refractivity contribution < 1.29 is 9.21 Å². The van der Waals surface area contributed by atoms with Gasteiger partial charge in [0.2, 0.25) is 5.91 Å². The Kier molecular flexibility index (Phi) is 5.05. The highest BCUT2D eigenvalue weighted by atomic mass is 32.1. The van der Waals surface area contributed by atoms with Gasteiger partial charge in [0.25, 0.3) is 0 Å². The largest absolute Gasteiger partial charge is 0.465 e. The van der Waals surface area contributed by atoms with Crippen molar-refractivity contribution in [1.29, 1.82) is 0 Å². The average Bonchev–Trinajstić information content (AvgIpc) is 3.26. The van der Waals surface area contributed by atoms with Crippen molar-refractivity contribution in [3.8, 4) is 10.6 Å². The van der Waals surface area contributed by atoms with E-state index in [2.05, 4.69) is 27.8 Å². The fourth-order valence-corrected chi connectivity index (χ4v) is 3.69. The van der Waals surface area contributed by atoms with Crippen molar-refractivity contribution in [3.05, 3.63) is 57.6 Å². The van der Waals surface area contributed by atoms with E-state index in [1.54, 1.807) is 47.1 Å². The summed E-state index contributed by atoms with van der Waals surface area (Å²) in [5.41, 5.74) is 1.04. The summed E-state index contributed by atoms with van der Waals surface area (Å²) in [5.74, 6) is 0.551. The highest BCUT2D eigenvalue weighted by Crippen LogP contribution is 2.29. The van der Waals surface area contributed by atoms with E-state index in [0.29, 0.717) is 12.3 Å². The Balaban J connectivity index is 1.47. The van der Waals surface area contributed by atoms with Crippen molar-refractivity contribution >= 4 is 34.7 Å². The fraction of sp³-hybridized carbons (Fsp3) is 0.176. The molecule has 118 valence electrons. The first kappa shape index (κ1) is 15.7. The quantitative estimate of drug-likeness (QED) is 0.684. The van der Waals surface area contributed by atoms with E-state index in [0.717, 1.165) is 17.1 Å². The van der Waals surface area contributed by atoms with Crippen LogP contribution in [0.3, 0.4) is 0 Å². The smallest absolute Gasteiger partial charge is 0.244 e. The molecule has 0 fully saturated rings. The molecule has 3 heterocycles. The van der Waals surface area contributed by atoms with Crippen molar-refractivity contribution in [2.45, 2.75) is 13.3 Å². The molecule has 4 nitrogen and oxygen atoms in total. The van der Waals surface area contributed by atoms with Crippen molar-refractivity contribution in [3.63, 3.8) is 0 Å². The monoisotopic (exact) mass is 344 g/mol. The van der Waals surface area contributed by atoms with Gasteiger partial charge < -0.3 is 9.73 Å². The molecule has 0 unspecified atom stereocenters.